The molecule has 0 saturated carbocycles. The van der Waals surface area contributed by atoms with Crippen LogP contribution in [-0.2, 0) is 4.79 Å². The van der Waals surface area contributed by atoms with Crippen molar-refractivity contribution in [3.8, 4) is 11.5 Å². The highest BCUT2D eigenvalue weighted by Gasteiger charge is 2.26. The minimum Gasteiger partial charge on any atom is -0.493 e. The first-order chi connectivity index (χ1) is 6.72. The van der Waals surface area contributed by atoms with Gasteiger partial charge in [0.2, 0.25) is 0 Å². The Morgan fingerprint density at radius 1 is 1.50 bits per heavy atom. The Morgan fingerprint density at radius 2 is 2.29 bits per heavy atom. The fourth-order valence-electron chi connectivity index (χ4n) is 1.38. The molecule has 0 radical (unpaired) electrons. The molecule has 2 rings (SSSR count). The smallest absolute Gasteiger partial charge is 0.333 e. The zero-order valence-corrected chi connectivity index (χ0v) is 8.03. The zero-order valence-electron chi connectivity index (χ0n) is 8.03. The molecule has 0 bridgehead atoms. The molecule has 1 unspecified atom stereocenters. The molecule has 0 aromatic heterocycles. The highest BCUT2D eigenvalue weighted by Crippen LogP contribution is 2.37. The average Bonchev–Trinajstić information content (AvgIpc) is 2.19. The number of methoxy groups -OCH3 is 1. The summed E-state index contributed by atoms with van der Waals surface area (Å²) in [5.74, 6) is 0.746. The molecule has 0 fully saturated rings. The van der Waals surface area contributed by atoms with E-state index in [9.17, 15) is 4.79 Å². The first kappa shape index (κ1) is 8.87. The van der Waals surface area contributed by atoms with Crippen LogP contribution in [0.3, 0.4) is 0 Å². The number of carbonyl (C=O) groups is 1. The molecule has 1 aromatic rings. The molecule has 4 nitrogen and oxygen atoms in total. The number of esters is 1. The van der Waals surface area contributed by atoms with Crippen LogP contribution >= 0.6 is 0 Å². The van der Waals surface area contributed by atoms with Gasteiger partial charge in [-0.05, 0) is 19.1 Å². The van der Waals surface area contributed by atoms with Gasteiger partial charge in [-0.25, -0.2) is 4.79 Å². The van der Waals surface area contributed by atoms with Crippen molar-refractivity contribution in [1.29, 1.82) is 0 Å². The summed E-state index contributed by atoms with van der Waals surface area (Å²) in [5.41, 5.74) is 0.788. The second-order valence-electron chi connectivity index (χ2n) is 3.12. The van der Waals surface area contributed by atoms with E-state index in [2.05, 4.69) is 5.32 Å². The summed E-state index contributed by atoms with van der Waals surface area (Å²) in [6, 6.07) is 5.14. The van der Waals surface area contributed by atoms with Gasteiger partial charge in [-0.15, -0.1) is 0 Å². The minimum absolute atomic E-state index is 0.290. The van der Waals surface area contributed by atoms with Crippen molar-refractivity contribution in [3.63, 3.8) is 0 Å². The summed E-state index contributed by atoms with van der Waals surface area (Å²) in [6.45, 7) is 1.75. The summed E-state index contributed by atoms with van der Waals surface area (Å²) in [6.07, 6.45) is 0. The van der Waals surface area contributed by atoms with Crippen molar-refractivity contribution in [1.82, 2.24) is 0 Å². The van der Waals surface area contributed by atoms with Crippen LogP contribution in [0.4, 0.5) is 5.69 Å². The van der Waals surface area contributed by atoms with Crippen LogP contribution in [0.25, 0.3) is 0 Å². The number of para-hydroxylation sites is 1. The van der Waals surface area contributed by atoms with Crippen molar-refractivity contribution in [2.75, 3.05) is 12.4 Å². The number of ether oxygens (including phenoxy) is 2. The third-order valence-electron chi connectivity index (χ3n) is 2.13. The van der Waals surface area contributed by atoms with Gasteiger partial charge in [-0.2, -0.15) is 0 Å². The second kappa shape index (κ2) is 3.21. The topological polar surface area (TPSA) is 47.6 Å². The lowest BCUT2D eigenvalue weighted by atomic mass is 10.2. The van der Waals surface area contributed by atoms with E-state index < -0.39 is 0 Å². The van der Waals surface area contributed by atoms with Gasteiger partial charge >= 0.3 is 5.97 Å². The van der Waals surface area contributed by atoms with Crippen LogP contribution < -0.4 is 14.8 Å². The van der Waals surface area contributed by atoms with E-state index in [1.54, 1.807) is 20.1 Å². The van der Waals surface area contributed by atoms with Crippen LogP contribution in [0, 0.1) is 0 Å². The lowest BCUT2D eigenvalue weighted by molar-refractivity contribution is -0.135. The third kappa shape index (κ3) is 1.28. The Bertz CT molecular complexity index is 376. The molecule has 0 spiro atoms. The number of nitrogens with one attached hydrogen (secondary N) is 1. The summed E-state index contributed by atoms with van der Waals surface area (Å²) < 4.78 is 10.2. The first-order valence-electron chi connectivity index (χ1n) is 4.37. The molecule has 1 atom stereocenters. The van der Waals surface area contributed by atoms with Gasteiger partial charge in [0.25, 0.3) is 0 Å². The average molecular weight is 193 g/mol. The summed E-state index contributed by atoms with van der Waals surface area (Å²) in [5, 5.41) is 3.03. The molecule has 1 aromatic carbocycles. The van der Waals surface area contributed by atoms with Crippen LogP contribution in [-0.4, -0.2) is 19.1 Å². The Balaban J connectivity index is 2.46. The normalized spacial score (nSPS) is 19.3. The standard InChI is InChI=1S/C10H11NO3/c1-6-10(12)14-9-7(11-6)4-3-5-8(9)13-2/h3-6,11H,1-2H3. The van der Waals surface area contributed by atoms with E-state index in [-0.39, 0.29) is 12.0 Å². The lowest BCUT2D eigenvalue weighted by Crippen LogP contribution is -2.34. The van der Waals surface area contributed by atoms with Crippen molar-refractivity contribution >= 4 is 11.7 Å². The Labute approximate surface area is 81.8 Å². The minimum atomic E-state index is -0.311. The van der Waals surface area contributed by atoms with Gasteiger partial charge in [0.1, 0.15) is 6.04 Å². The van der Waals surface area contributed by atoms with Gasteiger partial charge in [-0.1, -0.05) is 6.07 Å². The van der Waals surface area contributed by atoms with Gasteiger partial charge < -0.3 is 14.8 Å². The molecule has 1 aliphatic heterocycles. The van der Waals surface area contributed by atoms with Gasteiger partial charge in [0, 0.05) is 0 Å². The largest absolute Gasteiger partial charge is 0.493 e. The predicted molar refractivity (Wildman–Crippen MR) is 51.7 cm³/mol. The third-order valence-corrected chi connectivity index (χ3v) is 2.13. The van der Waals surface area contributed by atoms with Gasteiger partial charge in [0.15, 0.2) is 11.5 Å². The number of carbonyl (C=O) groups excluding carboxylic acids is 1. The van der Waals surface area contributed by atoms with E-state index >= 15 is 0 Å². The maximum Gasteiger partial charge on any atom is 0.333 e. The quantitative estimate of drug-likeness (QED) is 0.541. The number of benzene rings is 1. The highest BCUT2D eigenvalue weighted by molar-refractivity contribution is 5.87. The summed E-state index contributed by atoms with van der Waals surface area (Å²) in [4.78, 5) is 11.3. The van der Waals surface area contributed by atoms with Crippen molar-refractivity contribution in [2.45, 2.75) is 13.0 Å². The molecule has 0 aliphatic carbocycles. The van der Waals surface area contributed by atoms with Crippen LogP contribution in [0.2, 0.25) is 0 Å². The Morgan fingerprint density at radius 3 is 3.00 bits per heavy atom. The van der Waals surface area contributed by atoms with Crippen LogP contribution in [0.1, 0.15) is 6.92 Å². The van der Waals surface area contributed by atoms with E-state index in [4.69, 9.17) is 9.47 Å². The summed E-state index contributed by atoms with van der Waals surface area (Å²) >= 11 is 0. The number of hydrogen-bond acceptors (Lipinski definition) is 4. The van der Waals surface area contributed by atoms with Gasteiger partial charge in [-0.3, -0.25) is 0 Å². The number of anilines is 1. The SMILES string of the molecule is COc1cccc2c1OC(=O)C(C)N2. The highest BCUT2D eigenvalue weighted by atomic mass is 16.6. The Hall–Kier alpha value is -1.71. The van der Waals surface area contributed by atoms with Crippen molar-refractivity contribution in [3.05, 3.63) is 18.2 Å². The van der Waals surface area contributed by atoms with E-state index in [0.717, 1.165) is 5.69 Å². The van der Waals surface area contributed by atoms with Crippen LogP contribution in [0.5, 0.6) is 11.5 Å². The molecule has 1 N–H and O–H groups in total. The maximum absolute atomic E-state index is 11.3. The van der Waals surface area contributed by atoms with Crippen molar-refractivity contribution < 1.29 is 14.3 Å². The van der Waals surface area contributed by atoms with E-state index in [0.29, 0.717) is 11.5 Å². The maximum atomic E-state index is 11.3. The molecular weight excluding hydrogens is 182 g/mol. The molecular formula is C10H11NO3. The Kier molecular flexibility index (Phi) is 2.04. The molecule has 1 aliphatic rings. The second-order valence-corrected chi connectivity index (χ2v) is 3.12. The number of fused-ring (bicyclic) bond motifs is 1. The molecule has 14 heavy (non-hydrogen) atoms. The molecule has 0 amide bonds. The lowest BCUT2D eigenvalue weighted by Gasteiger charge is -2.23. The number of hydrogen-bond donors (Lipinski definition) is 1. The van der Waals surface area contributed by atoms with E-state index in [1.807, 2.05) is 12.1 Å². The number of rotatable bonds is 1. The van der Waals surface area contributed by atoms with Gasteiger partial charge in [0.05, 0.1) is 12.8 Å². The fourth-order valence-corrected chi connectivity index (χ4v) is 1.38. The zero-order chi connectivity index (χ0) is 10.1. The fraction of sp³-hybridized carbons (Fsp3) is 0.300. The molecule has 4 heteroatoms. The first-order valence-corrected chi connectivity index (χ1v) is 4.37. The predicted octanol–water partition coefficient (Wildman–Crippen LogP) is 1.41. The van der Waals surface area contributed by atoms with E-state index in [1.165, 1.54) is 0 Å². The monoisotopic (exact) mass is 193 g/mol. The van der Waals surface area contributed by atoms with Crippen LogP contribution in [0.15, 0.2) is 18.2 Å². The summed E-state index contributed by atoms with van der Waals surface area (Å²) in [7, 11) is 1.54. The molecule has 1 heterocycles. The molecule has 0 saturated heterocycles. The van der Waals surface area contributed by atoms with Crippen molar-refractivity contribution in [2.24, 2.45) is 0 Å². The molecule has 74 valence electrons.